The third-order valence-electron chi connectivity index (χ3n) is 3.89. The topological polar surface area (TPSA) is 29.4 Å². The SMILES string of the molecule is C/C(C=O)=C\C(=N/CCCc1ccc(C)cc1)c1cccc(C)c1. The summed E-state index contributed by atoms with van der Waals surface area (Å²) < 4.78 is 0. The van der Waals surface area contributed by atoms with E-state index in [9.17, 15) is 4.79 Å². The number of hydrogen-bond donors (Lipinski definition) is 0. The van der Waals surface area contributed by atoms with Crippen molar-refractivity contribution in [1.82, 2.24) is 0 Å². The fourth-order valence-electron chi connectivity index (χ4n) is 2.51. The second-order valence-electron chi connectivity index (χ2n) is 6.23. The lowest BCUT2D eigenvalue weighted by molar-refractivity contribution is -0.104. The van der Waals surface area contributed by atoms with Gasteiger partial charge in [0.05, 0.1) is 5.71 Å². The molecular formula is C22H25NO. The van der Waals surface area contributed by atoms with Gasteiger partial charge < -0.3 is 0 Å². The molecule has 0 heterocycles. The number of aryl methyl sites for hydroxylation is 3. The van der Waals surface area contributed by atoms with Crippen molar-refractivity contribution >= 4 is 12.0 Å². The zero-order valence-electron chi connectivity index (χ0n) is 14.8. The summed E-state index contributed by atoms with van der Waals surface area (Å²) in [6.07, 6.45) is 4.75. The van der Waals surface area contributed by atoms with E-state index in [0.717, 1.165) is 36.9 Å². The van der Waals surface area contributed by atoms with Crippen LogP contribution in [0.15, 0.2) is 65.2 Å². The Labute approximate surface area is 145 Å². The van der Waals surface area contributed by atoms with Crippen LogP contribution in [0.4, 0.5) is 0 Å². The summed E-state index contributed by atoms with van der Waals surface area (Å²) in [6, 6.07) is 16.9. The number of allylic oxidation sites excluding steroid dienone is 2. The number of aliphatic imine (C=N–C) groups is 1. The van der Waals surface area contributed by atoms with Crippen LogP contribution in [0.25, 0.3) is 0 Å². The number of nitrogens with zero attached hydrogens (tertiary/aromatic N) is 1. The highest BCUT2D eigenvalue weighted by Gasteiger charge is 2.02. The Hall–Kier alpha value is -2.48. The standard InChI is InChI=1S/C22H25NO/c1-17-9-11-20(12-10-17)7-5-13-23-22(15-19(3)16-24)21-8-4-6-18(2)14-21/h4,6,8-12,14-16H,5,7,13H2,1-3H3/b19-15+,23-22+. The summed E-state index contributed by atoms with van der Waals surface area (Å²) in [5, 5.41) is 0. The van der Waals surface area contributed by atoms with Gasteiger partial charge >= 0.3 is 0 Å². The number of carbonyl (C=O) groups excluding carboxylic acids is 1. The van der Waals surface area contributed by atoms with Gasteiger partial charge in [0.2, 0.25) is 0 Å². The zero-order chi connectivity index (χ0) is 17.4. The second-order valence-corrected chi connectivity index (χ2v) is 6.23. The molecule has 2 rings (SSSR count). The molecule has 0 atom stereocenters. The van der Waals surface area contributed by atoms with E-state index in [4.69, 9.17) is 4.99 Å². The quantitative estimate of drug-likeness (QED) is 0.310. The first kappa shape index (κ1) is 17.9. The van der Waals surface area contributed by atoms with Crippen molar-refractivity contribution in [2.75, 3.05) is 6.54 Å². The molecule has 0 radical (unpaired) electrons. The molecule has 0 unspecified atom stereocenters. The number of hydrogen-bond acceptors (Lipinski definition) is 2. The number of aldehydes is 1. The molecule has 0 fully saturated rings. The van der Waals surface area contributed by atoms with Gasteiger partial charge in [-0.15, -0.1) is 0 Å². The van der Waals surface area contributed by atoms with Gasteiger partial charge in [-0.3, -0.25) is 9.79 Å². The minimum absolute atomic E-state index is 0.689. The van der Waals surface area contributed by atoms with Crippen LogP contribution in [-0.4, -0.2) is 18.5 Å². The van der Waals surface area contributed by atoms with E-state index in [1.165, 1.54) is 16.7 Å². The minimum Gasteiger partial charge on any atom is -0.298 e. The first-order chi connectivity index (χ1) is 11.6. The highest BCUT2D eigenvalue weighted by atomic mass is 16.1. The van der Waals surface area contributed by atoms with Crippen LogP contribution in [0.1, 0.15) is 35.6 Å². The predicted molar refractivity (Wildman–Crippen MR) is 102 cm³/mol. The molecule has 24 heavy (non-hydrogen) atoms. The van der Waals surface area contributed by atoms with Gasteiger partial charge in [-0.1, -0.05) is 53.6 Å². The average Bonchev–Trinajstić information content (AvgIpc) is 2.59. The van der Waals surface area contributed by atoms with Gasteiger partial charge in [0, 0.05) is 6.54 Å². The highest BCUT2D eigenvalue weighted by molar-refractivity contribution is 6.10. The van der Waals surface area contributed by atoms with Gasteiger partial charge in [-0.05, 0) is 62.5 Å². The molecule has 0 aliphatic heterocycles. The molecule has 124 valence electrons. The van der Waals surface area contributed by atoms with E-state index in [-0.39, 0.29) is 0 Å². The largest absolute Gasteiger partial charge is 0.298 e. The molecular weight excluding hydrogens is 294 g/mol. The average molecular weight is 319 g/mol. The summed E-state index contributed by atoms with van der Waals surface area (Å²) in [4.78, 5) is 15.7. The van der Waals surface area contributed by atoms with Crippen molar-refractivity contribution in [3.8, 4) is 0 Å². The Balaban J connectivity index is 2.07. The summed E-state index contributed by atoms with van der Waals surface area (Å²) in [5.41, 5.74) is 6.45. The molecule has 0 saturated carbocycles. The van der Waals surface area contributed by atoms with Gasteiger partial charge in [-0.2, -0.15) is 0 Å². The van der Waals surface area contributed by atoms with Crippen molar-refractivity contribution in [1.29, 1.82) is 0 Å². The smallest absolute Gasteiger partial charge is 0.145 e. The maximum Gasteiger partial charge on any atom is 0.145 e. The van der Waals surface area contributed by atoms with E-state index in [1.807, 2.05) is 25.1 Å². The van der Waals surface area contributed by atoms with Crippen molar-refractivity contribution in [3.05, 3.63) is 82.4 Å². The first-order valence-corrected chi connectivity index (χ1v) is 8.39. The fourth-order valence-corrected chi connectivity index (χ4v) is 2.51. The lowest BCUT2D eigenvalue weighted by atomic mass is 10.0. The van der Waals surface area contributed by atoms with Crippen LogP contribution in [-0.2, 0) is 11.2 Å². The summed E-state index contributed by atoms with van der Waals surface area (Å²) >= 11 is 0. The molecule has 0 spiro atoms. The van der Waals surface area contributed by atoms with Crippen molar-refractivity contribution in [2.24, 2.45) is 4.99 Å². The van der Waals surface area contributed by atoms with E-state index in [0.29, 0.717) is 5.57 Å². The summed E-state index contributed by atoms with van der Waals surface area (Å²) in [6.45, 7) is 6.73. The normalized spacial score (nSPS) is 12.3. The lowest BCUT2D eigenvalue weighted by Gasteiger charge is -2.05. The van der Waals surface area contributed by atoms with Gasteiger partial charge in [0.25, 0.3) is 0 Å². The van der Waals surface area contributed by atoms with E-state index >= 15 is 0 Å². The van der Waals surface area contributed by atoms with Crippen LogP contribution in [0.5, 0.6) is 0 Å². The monoisotopic (exact) mass is 319 g/mol. The van der Waals surface area contributed by atoms with Crippen LogP contribution in [0, 0.1) is 13.8 Å². The molecule has 0 aromatic heterocycles. The fraction of sp³-hybridized carbons (Fsp3) is 0.273. The van der Waals surface area contributed by atoms with Crippen LogP contribution >= 0.6 is 0 Å². The van der Waals surface area contributed by atoms with Gasteiger partial charge in [0.15, 0.2) is 0 Å². The third kappa shape index (κ3) is 5.62. The van der Waals surface area contributed by atoms with E-state index in [1.54, 1.807) is 0 Å². The first-order valence-electron chi connectivity index (χ1n) is 8.39. The Kier molecular flexibility index (Phi) is 6.68. The van der Waals surface area contributed by atoms with Crippen molar-refractivity contribution in [3.63, 3.8) is 0 Å². The van der Waals surface area contributed by atoms with E-state index < -0.39 is 0 Å². The summed E-state index contributed by atoms with van der Waals surface area (Å²) in [7, 11) is 0. The molecule has 2 heteroatoms. The Bertz CT molecular complexity index is 739. The van der Waals surface area contributed by atoms with Crippen LogP contribution in [0.2, 0.25) is 0 Å². The Morgan fingerprint density at radius 3 is 2.46 bits per heavy atom. The number of benzene rings is 2. The van der Waals surface area contributed by atoms with Gasteiger partial charge in [0.1, 0.15) is 6.29 Å². The van der Waals surface area contributed by atoms with Crippen LogP contribution in [0.3, 0.4) is 0 Å². The third-order valence-corrected chi connectivity index (χ3v) is 3.89. The highest BCUT2D eigenvalue weighted by Crippen LogP contribution is 2.10. The van der Waals surface area contributed by atoms with E-state index in [2.05, 4.69) is 50.2 Å². The molecule has 0 aliphatic carbocycles. The molecule has 0 amide bonds. The second kappa shape index (κ2) is 8.97. The molecule has 2 nitrogen and oxygen atoms in total. The summed E-state index contributed by atoms with van der Waals surface area (Å²) in [5.74, 6) is 0. The Morgan fingerprint density at radius 1 is 1.04 bits per heavy atom. The molecule has 2 aromatic carbocycles. The zero-order valence-corrected chi connectivity index (χ0v) is 14.8. The maximum atomic E-state index is 11.0. The lowest BCUT2D eigenvalue weighted by Crippen LogP contribution is -2.01. The molecule has 0 saturated heterocycles. The molecule has 0 bridgehead atoms. The number of rotatable bonds is 7. The maximum absolute atomic E-state index is 11.0. The predicted octanol–water partition coefficient (Wildman–Crippen LogP) is 4.87. The van der Waals surface area contributed by atoms with Crippen LogP contribution < -0.4 is 0 Å². The molecule has 0 aliphatic rings. The van der Waals surface area contributed by atoms with Gasteiger partial charge in [-0.25, -0.2) is 0 Å². The minimum atomic E-state index is 0.689. The molecule has 2 aromatic rings. The number of carbonyl (C=O) groups is 1. The molecule has 0 N–H and O–H groups in total. The van der Waals surface area contributed by atoms with Crippen molar-refractivity contribution in [2.45, 2.75) is 33.6 Å². The Morgan fingerprint density at radius 2 is 1.79 bits per heavy atom. The van der Waals surface area contributed by atoms with Crippen molar-refractivity contribution < 1.29 is 4.79 Å².